The van der Waals surface area contributed by atoms with E-state index in [1.807, 2.05) is 62.4 Å². The van der Waals surface area contributed by atoms with Crippen LogP contribution in [0.4, 0.5) is 5.69 Å². The lowest BCUT2D eigenvalue weighted by Crippen LogP contribution is -2.36. The highest BCUT2D eigenvalue weighted by Gasteiger charge is 2.10. The van der Waals surface area contributed by atoms with Crippen LogP contribution in [0.25, 0.3) is 10.8 Å². The van der Waals surface area contributed by atoms with Crippen molar-refractivity contribution in [2.24, 2.45) is 0 Å². The number of methoxy groups -OCH3 is 1. The lowest BCUT2D eigenvalue weighted by atomic mass is 10.1. The number of carbonyl (C=O) groups is 2. The maximum atomic E-state index is 12.1. The predicted octanol–water partition coefficient (Wildman–Crippen LogP) is 3.60. The number of amides is 2. The Bertz CT molecular complexity index is 1030. The summed E-state index contributed by atoms with van der Waals surface area (Å²) in [6.07, 6.45) is 0. The molecule has 29 heavy (non-hydrogen) atoms. The van der Waals surface area contributed by atoms with Gasteiger partial charge in [0.15, 0.2) is 6.61 Å². The van der Waals surface area contributed by atoms with Crippen LogP contribution in [0.5, 0.6) is 11.5 Å². The Labute approximate surface area is 169 Å². The summed E-state index contributed by atoms with van der Waals surface area (Å²) in [6.45, 7) is 3.55. The molecule has 0 aromatic heterocycles. The molecule has 0 bridgehead atoms. The molecule has 150 valence electrons. The zero-order chi connectivity index (χ0) is 20.8. The van der Waals surface area contributed by atoms with Crippen LogP contribution in [0.1, 0.15) is 11.1 Å². The van der Waals surface area contributed by atoms with Gasteiger partial charge in [0.2, 0.25) is 5.91 Å². The highest BCUT2D eigenvalue weighted by atomic mass is 16.5. The number of nitrogens with one attached hydrogen (secondary N) is 2. The Kier molecular flexibility index (Phi) is 6.34. The molecule has 0 atom stereocenters. The van der Waals surface area contributed by atoms with E-state index in [1.165, 1.54) is 0 Å². The zero-order valence-corrected chi connectivity index (χ0v) is 16.7. The van der Waals surface area contributed by atoms with Crippen molar-refractivity contribution in [1.29, 1.82) is 0 Å². The molecule has 6 heteroatoms. The van der Waals surface area contributed by atoms with Crippen molar-refractivity contribution in [1.82, 2.24) is 5.32 Å². The van der Waals surface area contributed by atoms with Gasteiger partial charge < -0.3 is 20.1 Å². The summed E-state index contributed by atoms with van der Waals surface area (Å²) in [6, 6.07) is 17.1. The largest absolute Gasteiger partial charge is 0.497 e. The Hall–Kier alpha value is -3.54. The molecule has 0 fully saturated rings. The van der Waals surface area contributed by atoms with Gasteiger partial charge in [-0.05, 0) is 60.0 Å². The van der Waals surface area contributed by atoms with Crippen LogP contribution in [0.3, 0.4) is 0 Å². The highest BCUT2D eigenvalue weighted by Crippen LogP contribution is 2.25. The normalized spacial score (nSPS) is 10.4. The second kappa shape index (κ2) is 9.10. The van der Waals surface area contributed by atoms with Crippen LogP contribution >= 0.6 is 0 Å². The molecule has 0 saturated carbocycles. The Morgan fingerprint density at radius 1 is 0.862 bits per heavy atom. The van der Waals surface area contributed by atoms with E-state index in [9.17, 15) is 9.59 Å². The molecule has 3 rings (SSSR count). The average molecular weight is 392 g/mol. The van der Waals surface area contributed by atoms with E-state index in [4.69, 9.17) is 9.47 Å². The number of fused-ring (bicyclic) bond motifs is 1. The Morgan fingerprint density at radius 3 is 2.21 bits per heavy atom. The van der Waals surface area contributed by atoms with Gasteiger partial charge in [-0.2, -0.15) is 0 Å². The standard InChI is InChI=1S/C23H24N2O4/c1-15-5-4-6-16(2)23(15)25-21(26)13-24-22(27)14-29-20-10-8-17-7-9-19(28-3)11-18(17)12-20/h4-12H,13-14H2,1-3H3,(H,24,27)(H,25,26). The van der Waals surface area contributed by atoms with Crippen LogP contribution in [-0.4, -0.2) is 32.1 Å². The molecule has 0 aliphatic carbocycles. The minimum absolute atomic E-state index is 0.120. The third-order valence-corrected chi connectivity index (χ3v) is 4.58. The van der Waals surface area contributed by atoms with Crippen molar-refractivity contribution in [2.75, 3.05) is 25.6 Å². The maximum absolute atomic E-state index is 12.1. The van der Waals surface area contributed by atoms with Gasteiger partial charge in [-0.3, -0.25) is 9.59 Å². The molecular formula is C23H24N2O4. The molecule has 0 unspecified atom stereocenters. The monoisotopic (exact) mass is 392 g/mol. The molecule has 3 aromatic rings. The summed E-state index contributed by atoms with van der Waals surface area (Å²) in [7, 11) is 1.61. The van der Waals surface area contributed by atoms with Crippen LogP contribution in [0.15, 0.2) is 54.6 Å². The molecule has 2 N–H and O–H groups in total. The molecule has 0 heterocycles. The fourth-order valence-corrected chi connectivity index (χ4v) is 2.99. The predicted molar refractivity (Wildman–Crippen MR) is 114 cm³/mol. The van der Waals surface area contributed by atoms with Gasteiger partial charge in [-0.1, -0.05) is 30.3 Å². The number of rotatable bonds is 7. The van der Waals surface area contributed by atoms with Crippen molar-refractivity contribution in [3.63, 3.8) is 0 Å². The van der Waals surface area contributed by atoms with Gasteiger partial charge in [0.1, 0.15) is 11.5 Å². The molecule has 6 nitrogen and oxygen atoms in total. The van der Waals surface area contributed by atoms with E-state index in [-0.39, 0.29) is 25.0 Å². The van der Waals surface area contributed by atoms with Crippen LogP contribution in [-0.2, 0) is 9.59 Å². The van der Waals surface area contributed by atoms with Gasteiger partial charge in [-0.25, -0.2) is 0 Å². The summed E-state index contributed by atoms with van der Waals surface area (Å²) < 4.78 is 10.8. The maximum Gasteiger partial charge on any atom is 0.258 e. The van der Waals surface area contributed by atoms with Crippen LogP contribution in [0, 0.1) is 13.8 Å². The van der Waals surface area contributed by atoms with Gasteiger partial charge in [0, 0.05) is 5.69 Å². The molecule has 3 aromatic carbocycles. The van der Waals surface area contributed by atoms with Crippen molar-refractivity contribution >= 4 is 28.3 Å². The van der Waals surface area contributed by atoms with Gasteiger partial charge >= 0.3 is 0 Å². The van der Waals surface area contributed by atoms with Gasteiger partial charge in [0.05, 0.1) is 13.7 Å². The third-order valence-electron chi connectivity index (χ3n) is 4.58. The van der Waals surface area contributed by atoms with Crippen molar-refractivity contribution in [3.8, 4) is 11.5 Å². The number of para-hydroxylation sites is 1. The molecule has 0 aliphatic heterocycles. The van der Waals surface area contributed by atoms with E-state index < -0.39 is 0 Å². The van der Waals surface area contributed by atoms with E-state index in [0.717, 1.165) is 33.3 Å². The summed E-state index contributed by atoms with van der Waals surface area (Å²) in [4.78, 5) is 24.2. The van der Waals surface area contributed by atoms with Gasteiger partial charge in [0.25, 0.3) is 5.91 Å². The van der Waals surface area contributed by atoms with Crippen LogP contribution in [0.2, 0.25) is 0 Å². The summed E-state index contributed by atoms with van der Waals surface area (Å²) in [5.41, 5.74) is 2.72. The molecule has 2 amide bonds. The first-order chi connectivity index (χ1) is 14.0. The minimum Gasteiger partial charge on any atom is -0.497 e. The summed E-state index contributed by atoms with van der Waals surface area (Å²) in [5.74, 6) is 0.670. The summed E-state index contributed by atoms with van der Waals surface area (Å²) >= 11 is 0. The van der Waals surface area contributed by atoms with E-state index in [0.29, 0.717) is 5.75 Å². The molecule has 0 saturated heterocycles. The lowest BCUT2D eigenvalue weighted by Gasteiger charge is -2.12. The summed E-state index contributed by atoms with van der Waals surface area (Å²) in [5, 5.41) is 7.40. The number of hydrogen-bond donors (Lipinski definition) is 2. The average Bonchev–Trinajstić information content (AvgIpc) is 2.72. The van der Waals surface area contributed by atoms with Crippen LogP contribution < -0.4 is 20.1 Å². The number of aryl methyl sites for hydroxylation is 2. The number of benzene rings is 3. The van der Waals surface area contributed by atoms with E-state index in [2.05, 4.69) is 10.6 Å². The second-order valence-corrected chi connectivity index (χ2v) is 6.76. The first-order valence-corrected chi connectivity index (χ1v) is 9.29. The van der Waals surface area contributed by atoms with E-state index in [1.54, 1.807) is 13.2 Å². The van der Waals surface area contributed by atoms with E-state index >= 15 is 0 Å². The van der Waals surface area contributed by atoms with Gasteiger partial charge in [-0.15, -0.1) is 0 Å². The molecule has 0 radical (unpaired) electrons. The molecular weight excluding hydrogens is 368 g/mol. The fraction of sp³-hybridized carbons (Fsp3) is 0.217. The number of carbonyl (C=O) groups excluding carboxylic acids is 2. The molecule has 0 spiro atoms. The third kappa shape index (κ3) is 5.25. The Morgan fingerprint density at radius 2 is 1.52 bits per heavy atom. The fourth-order valence-electron chi connectivity index (χ4n) is 2.99. The SMILES string of the molecule is COc1ccc2ccc(OCC(=O)NCC(=O)Nc3c(C)cccc3C)cc2c1. The Balaban J connectivity index is 1.51. The second-order valence-electron chi connectivity index (χ2n) is 6.76. The first kappa shape index (κ1) is 20.2. The van der Waals surface area contributed by atoms with Crippen molar-refractivity contribution in [3.05, 3.63) is 65.7 Å². The smallest absolute Gasteiger partial charge is 0.258 e. The zero-order valence-electron chi connectivity index (χ0n) is 16.7. The number of ether oxygens (including phenoxy) is 2. The topological polar surface area (TPSA) is 76.7 Å². The van der Waals surface area contributed by atoms with Crippen molar-refractivity contribution in [2.45, 2.75) is 13.8 Å². The quantitative estimate of drug-likeness (QED) is 0.644. The molecule has 0 aliphatic rings. The first-order valence-electron chi connectivity index (χ1n) is 9.29. The highest BCUT2D eigenvalue weighted by molar-refractivity contribution is 5.96. The van der Waals surface area contributed by atoms with Crippen molar-refractivity contribution < 1.29 is 19.1 Å². The minimum atomic E-state index is -0.368. The number of anilines is 1. The lowest BCUT2D eigenvalue weighted by molar-refractivity contribution is -0.125. The number of hydrogen-bond acceptors (Lipinski definition) is 4.